The lowest BCUT2D eigenvalue weighted by molar-refractivity contribution is 0.430. The van der Waals surface area contributed by atoms with Crippen LogP contribution in [0, 0.1) is 28.7 Å². The normalized spacial score (nSPS) is 19.1. The number of aliphatic imine (C=N–C) groups is 1. The lowest BCUT2D eigenvalue weighted by atomic mass is 9.61. The van der Waals surface area contributed by atoms with Crippen LogP contribution in [0.25, 0.3) is 11.6 Å². The van der Waals surface area contributed by atoms with E-state index >= 15 is 0 Å². The summed E-state index contributed by atoms with van der Waals surface area (Å²) in [7, 11) is 0. The molecule has 1 aliphatic rings. The maximum Gasteiger partial charge on any atom is 0.194 e. The molecule has 1 heterocycles. The average Bonchev–Trinajstić information content (AvgIpc) is 2.96. The van der Waals surface area contributed by atoms with Crippen LogP contribution in [0.2, 0.25) is 0 Å². The third-order valence-corrected chi connectivity index (χ3v) is 7.21. The summed E-state index contributed by atoms with van der Waals surface area (Å²) < 4.78 is 58.9. The number of pyridine rings is 1. The minimum atomic E-state index is -1.54. The van der Waals surface area contributed by atoms with Crippen molar-refractivity contribution in [3.05, 3.63) is 131 Å². The summed E-state index contributed by atoms with van der Waals surface area (Å²) in [5.74, 6) is -4.49. The zero-order valence-electron chi connectivity index (χ0n) is 21.6. The molecule has 0 radical (unpaired) electrons. The summed E-state index contributed by atoms with van der Waals surface area (Å²) in [6.07, 6.45) is 7.36. The number of hydrogen-bond donors (Lipinski definition) is 3. The Morgan fingerprint density at radius 2 is 1.80 bits per heavy atom. The zero-order chi connectivity index (χ0) is 28.9. The van der Waals surface area contributed by atoms with Gasteiger partial charge in [-0.15, -0.1) is 0 Å². The molecule has 4 rings (SSSR count). The molecule has 9 heteroatoms. The first-order chi connectivity index (χ1) is 19.2. The van der Waals surface area contributed by atoms with Crippen molar-refractivity contribution in [3.63, 3.8) is 0 Å². The molecule has 4 nitrogen and oxygen atoms in total. The largest absolute Gasteiger partial charge is 0.404 e. The molecule has 3 aromatic rings. The molecule has 0 fully saturated rings. The molecule has 0 bridgehead atoms. The molecule has 1 aliphatic carbocycles. The number of thiol groups is 1. The second kappa shape index (κ2) is 12.5. The van der Waals surface area contributed by atoms with E-state index in [4.69, 9.17) is 10.7 Å². The van der Waals surface area contributed by atoms with Crippen molar-refractivity contribution in [2.45, 2.75) is 19.3 Å². The summed E-state index contributed by atoms with van der Waals surface area (Å²) in [4.78, 5) is 9.23. The van der Waals surface area contributed by atoms with Gasteiger partial charge in [-0.25, -0.2) is 22.6 Å². The average molecular weight is 565 g/mol. The van der Waals surface area contributed by atoms with Crippen LogP contribution in [0.1, 0.15) is 29.7 Å². The Morgan fingerprint density at radius 3 is 2.42 bits per heavy atom. The van der Waals surface area contributed by atoms with Gasteiger partial charge in [-0.1, -0.05) is 37.6 Å². The molecule has 40 heavy (non-hydrogen) atoms. The molecule has 0 amide bonds. The van der Waals surface area contributed by atoms with Crippen LogP contribution in [0.15, 0.2) is 96.3 Å². The standard InChI is InChI=1S/C31H28F4N4S/c1-3-20-8-10-37-28(14-20)19(2)31(16-21-12-26(33)30(35)27(34)13-21)17-22(18-36)29(15-23(31)9-11-38-40)39-25-6-4-24(32)5-7-25/h3-8,10,12-15,18,38,40H,1-2,9,11,16-17,36H2. The minimum Gasteiger partial charge on any atom is -0.404 e. The molecule has 0 saturated carbocycles. The molecule has 2 aromatic carbocycles. The number of nitrogens with one attached hydrogen (secondary N) is 1. The molecule has 1 atom stereocenters. The number of rotatable bonds is 9. The fourth-order valence-corrected chi connectivity index (χ4v) is 5.07. The van der Waals surface area contributed by atoms with Crippen molar-refractivity contribution >= 4 is 35.9 Å². The Morgan fingerprint density at radius 1 is 1.10 bits per heavy atom. The number of halogens is 4. The van der Waals surface area contributed by atoms with Gasteiger partial charge in [0.25, 0.3) is 0 Å². The maximum atomic E-state index is 14.3. The van der Waals surface area contributed by atoms with E-state index in [0.29, 0.717) is 41.2 Å². The molecule has 0 saturated heterocycles. The summed E-state index contributed by atoms with van der Waals surface area (Å²) in [5, 5.41) is 0. The molecule has 1 aromatic heterocycles. The third kappa shape index (κ3) is 6.11. The maximum absolute atomic E-state index is 14.3. The summed E-state index contributed by atoms with van der Waals surface area (Å²) >= 11 is 4.15. The molecule has 0 aliphatic heterocycles. The fourth-order valence-electron chi connectivity index (χ4n) is 4.96. The number of nitrogens with zero attached hydrogens (tertiary/aromatic N) is 2. The van der Waals surface area contributed by atoms with E-state index in [1.165, 1.54) is 18.3 Å². The van der Waals surface area contributed by atoms with E-state index in [9.17, 15) is 17.6 Å². The highest BCUT2D eigenvalue weighted by molar-refractivity contribution is 7.78. The first kappa shape index (κ1) is 29.0. The number of allylic oxidation sites excluding steroid dienone is 3. The monoisotopic (exact) mass is 564 g/mol. The second-order valence-corrected chi connectivity index (χ2v) is 9.78. The van der Waals surface area contributed by atoms with Crippen molar-refractivity contribution < 1.29 is 17.6 Å². The molecule has 1 unspecified atom stereocenters. The highest BCUT2D eigenvalue weighted by Gasteiger charge is 2.42. The van der Waals surface area contributed by atoms with E-state index in [-0.39, 0.29) is 24.2 Å². The van der Waals surface area contributed by atoms with Crippen molar-refractivity contribution in [2.24, 2.45) is 16.1 Å². The quantitative estimate of drug-likeness (QED) is 0.145. The predicted octanol–water partition coefficient (Wildman–Crippen LogP) is 7.29. The smallest absolute Gasteiger partial charge is 0.194 e. The molecular formula is C31H28F4N4S. The van der Waals surface area contributed by atoms with E-state index in [0.717, 1.165) is 23.3 Å². The Balaban J connectivity index is 1.95. The van der Waals surface area contributed by atoms with Gasteiger partial charge < -0.3 is 5.73 Å². The van der Waals surface area contributed by atoms with Gasteiger partial charge in [-0.2, -0.15) is 0 Å². The van der Waals surface area contributed by atoms with E-state index < -0.39 is 22.9 Å². The second-order valence-electron chi connectivity index (χ2n) is 9.46. The van der Waals surface area contributed by atoms with Crippen LogP contribution in [0.5, 0.6) is 0 Å². The number of benzene rings is 2. The predicted molar refractivity (Wildman–Crippen MR) is 156 cm³/mol. The van der Waals surface area contributed by atoms with Gasteiger partial charge in [-0.05, 0) is 102 Å². The van der Waals surface area contributed by atoms with Crippen molar-refractivity contribution in [3.8, 4) is 0 Å². The summed E-state index contributed by atoms with van der Waals surface area (Å²) in [6, 6.07) is 11.3. The van der Waals surface area contributed by atoms with Crippen LogP contribution in [-0.4, -0.2) is 17.2 Å². The first-order valence-corrected chi connectivity index (χ1v) is 12.9. The highest BCUT2D eigenvalue weighted by Crippen LogP contribution is 2.51. The lowest BCUT2D eigenvalue weighted by Gasteiger charge is -2.42. The molecule has 3 N–H and O–H groups in total. The number of aromatic nitrogens is 1. The Bertz CT molecular complexity index is 1510. The van der Waals surface area contributed by atoms with E-state index in [1.807, 2.05) is 12.1 Å². The van der Waals surface area contributed by atoms with Crippen LogP contribution in [-0.2, 0) is 6.42 Å². The number of hydrogen-bond acceptors (Lipinski definition) is 5. The Hall–Kier alpha value is -3.95. The highest BCUT2D eigenvalue weighted by atomic mass is 32.1. The van der Waals surface area contributed by atoms with Gasteiger partial charge >= 0.3 is 0 Å². The van der Waals surface area contributed by atoms with Gasteiger partial charge in [0, 0.05) is 18.2 Å². The van der Waals surface area contributed by atoms with Crippen LogP contribution in [0.4, 0.5) is 23.2 Å². The molecule has 206 valence electrons. The zero-order valence-corrected chi connectivity index (χ0v) is 22.5. The SMILES string of the molecule is C=Cc1ccnc(C(=C)C2(Cc3cc(F)c(F)c(F)c3)CC(=CN)C(=Nc3ccc(F)cc3)C=C2CCNS)c1. The van der Waals surface area contributed by atoms with E-state index in [1.54, 1.807) is 30.5 Å². The van der Waals surface area contributed by atoms with Crippen molar-refractivity contribution in [1.82, 2.24) is 9.71 Å². The topological polar surface area (TPSA) is 63.3 Å². The van der Waals surface area contributed by atoms with Crippen LogP contribution >= 0.6 is 12.8 Å². The fraction of sp³-hybridized carbons (Fsp3) is 0.161. The van der Waals surface area contributed by atoms with Gasteiger partial charge in [0.05, 0.1) is 17.1 Å². The van der Waals surface area contributed by atoms with Crippen molar-refractivity contribution in [1.29, 1.82) is 0 Å². The van der Waals surface area contributed by atoms with Gasteiger partial charge in [0.15, 0.2) is 17.5 Å². The lowest BCUT2D eigenvalue weighted by Crippen LogP contribution is -2.35. The number of nitrogens with two attached hydrogens (primary N) is 1. The van der Waals surface area contributed by atoms with Crippen molar-refractivity contribution in [2.75, 3.05) is 6.54 Å². The van der Waals surface area contributed by atoms with Crippen LogP contribution in [0.3, 0.4) is 0 Å². The minimum absolute atomic E-state index is 0.0690. The Kier molecular flexibility index (Phi) is 9.07. The molecule has 0 spiro atoms. The summed E-state index contributed by atoms with van der Waals surface area (Å²) in [6.45, 7) is 8.68. The Labute approximate surface area is 236 Å². The van der Waals surface area contributed by atoms with Gasteiger partial charge in [-0.3, -0.25) is 9.71 Å². The molecular weight excluding hydrogens is 536 g/mol. The third-order valence-electron chi connectivity index (χ3n) is 6.99. The van der Waals surface area contributed by atoms with E-state index in [2.05, 4.69) is 35.7 Å². The van der Waals surface area contributed by atoms with Gasteiger partial charge in [0.1, 0.15) is 5.82 Å². The van der Waals surface area contributed by atoms with Crippen LogP contribution < -0.4 is 10.5 Å². The first-order valence-electron chi connectivity index (χ1n) is 12.5. The summed E-state index contributed by atoms with van der Waals surface area (Å²) in [5.41, 5.74) is 9.83. The van der Waals surface area contributed by atoms with Gasteiger partial charge in [0.2, 0.25) is 0 Å².